The summed E-state index contributed by atoms with van der Waals surface area (Å²) < 4.78 is 0. The second-order valence-electron chi connectivity index (χ2n) is 16.4. The maximum Gasteiger partial charge on any atom is 0.0481 e. The third-order valence-electron chi connectivity index (χ3n) is 12.4. The van der Waals surface area contributed by atoms with Gasteiger partial charge in [0.15, 0.2) is 0 Å². The molecule has 10 aromatic rings. The second kappa shape index (κ2) is 20.2. The van der Waals surface area contributed by atoms with Crippen molar-refractivity contribution in [3.8, 4) is 79.4 Å². The van der Waals surface area contributed by atoms with Crippen molar-refractivity contribution in [2.75, 3.05) is 0 Å². The molecule has 0 N–H and O–H groups in total. The number of hydrogen-bond acceptors (Lipinski definition) is 8. The van der Waals surface area contributed by atoms with Gasteiger partial charge in [0.2, 0.25) is 0 Å². The lowest BCUT2D eigenvalue weighted by Gasteiger charge is -2.01. The highest BCUT2D eigenvalue weighted by molar-refractivity contribution is 7.30. The zero-order valence-electron chi connectivity index (χ0n) is 38.2. The first-order valence-electron chi connectivity index (χ1n) is 23.1. The normalized spacial score (nSPS) is 11.8. The van der Waals surface area contributed by atoms with E-state index in [2.05, 4.69) is 174 Å². The molecule has 2 aromatic carbocycles. The van der Waals surface area contributed by atoms with Gasteiger partial charge < -0.3 is 0 Å². The summed E-state index contributed by atoms with van der Waals surface area (Å²) in [6.45, 7) is 13.7. The van der Waals surface area contributed by atoms with Crippen molar-refractivity contribution in [1.82, 2.24) is 0 Å². The lowest BCUT2D eigenvalue weighted by Crippen LogP contribution is -1.78. The zero-order chi connectivity index (χ0) is 45.3. The molecule has 0 aliphatic carbocycles. The average molecular weight is 1010 g/mol. The maximum atomic E-state index is 2.47. The van der Waals surface area contributed by atoms with E-state index in [-0.39, 0.29) is 0 Å². The van der Waals surface area contributed by atoms with Crippen LogP contribution in [0, 0.1) is 0 Å². The Morgan fingerprint density at radius 1 is 0.288 bits per heavy atom. The molecular formula is C58H52S8. The van der Waals surface area contributed by atoms with Crippen molar-refractivity contribution in [3.05, 3.63) is 164 Å². The van der Waals surface area contributed by atoms with Gasteiger partial charge in [0.25, 0.3) is 0 Å². The molecule has 0 saturated heterocycles. The highest BCUT2D eigenvalue weighted by Gasteiger charge is 2.21. The van der Waals surface area contributed by atoms with Crippen LogP contribution in [-0.2, 0) is 38.5 Å². The minimum absolute atomic E-state index is 1.03. The van der Waals surface area contributed by atoms with Crippen LogP contribution in [0.4, 0.5) is 0 Å². The SMILES string of the molecule is CCc1ccsc1-c1cc(CC)c(-c2cc(CC)c(-c3ccc(-c4ccc(/C=C/c5ccc(-c6ccc(-c7sc(-c8sc(-c9sccc9CC)cc8CC)cc7CC)s6)cc5)cc4)s3)s2)s1. The molecule has 0 aliphatic heterocycles. The van der Waals surface area contributed by atoms with E-state index >= 15 is 0 Å². The largest absolute Gasteiger partial charge is 0.143 e. The summed E-state index contributed by atoms with van der Waals surface area (Å²) in [4.78, 5) is 19.7. The van der Waals surface area contributed by atoms with E-state index in [1.165, 1.54) is 124 Å². The maximum absolute atomic E-state index is 2.47. The number of aryl methyl sites for hydroxylation is 6. The van der Waals surface area contributed by atoms with Crippen LogP contribution in [0.25, 0.3) is 91.6 Å². The van der Waals surface area contributed by atoms with E-state index in [0.29, 0.717) is 0 Å². The van der Waals surface area contributed by atoms with E-state index in [9.17, 15) is 0 Å². The quantitative estimate of drug-likeness (QED) is 0.0846. The number of benzene rings is 2. The number of rotatable bonds is 16. The molecule has 8 aromatic heterocycles. The van der Waals surface area contributed by atoms with E-state index in [0.717, 1.165) is 38.5 Å². The van der Waals surface area contributed by atoms with Crippen LogP contribution in [0.1, 0.15) is 86.1 Å². The van der Waals surface area contributed by atoms with E-state index in [1.54, 1.807) is 0 Å². The van der Waals surface area contributed by atoms with Gasteiger partial charge in [0, 0.05) is 68.3 Å². The van der Waals surface area contributed by atoms with Gasteiger partial charge in [0.05, 0.1) is 0 Å². The first-order chi connectivity index (χ1) is 32.4. The van der Waals surface area contributed by atoms with Crippen LogP contribution < -0.4 is 0 Å². The Hall–Kier alpha value is -4.22. The summed E-state index contributed by atoms with van der Waals surface area (Å²) in [5.74, 6) is 0. The fourth-order valence-corrected chi connectivity index (χ4v) is 18.5. The molecule has 0 bridgehead atoms. The summed E-state index contributed by atoms with van der Waals surface area (Å²) in [5.41, 5.74) is 13.7. The molecule has 0 atom stereocenters. The van der Waals surface area contributed by atoms with Crippen LogP contribution in [0.5, 0.6) is 0 Å². The Balaban J connectivity index is 0.811. The first kappa shape index (κ1) is 45.6. The monoisotopic (exact) mass is 1000 g/mol. The molecule has 0 unspecified atom stereocenters. The van der Waals surface area contributed by atoms with Crippen LogP contribution in [-0.4, -0.2) is 0 Å². The van der Waals surface area contributed by atoms with Crippen LogP contribution >= 0.6 is 90.7 Å². The van der Waals surface area contributed by atoms with Gasteiger partial charge in [0.1, 0.15) is 0 Å². The van der Waals surface area contributed by atoms with Crippen LogP contribution in [0.15, 0.2) is 120 Å². The lowest BCUT2D eigenvalue weighted by atomic mass is 10.1. The minimum atomic E-state index is 1.03. The molecule has 332 valence electrons. The van der Waals surface area contributed by atoms with Crippen LogP contribution in [0.2, 0.25) is 0 Å². The van der Waals surface area contributed by atoms with Crippen LogP contribution in [0.3, 0.4) is 0 Å². The molecule has 0 saturated carbocycles. The van der Waals surface area contributed by atoms with Gasteiger partial charge in [-0.25, -0.2) is 0 Å². The van der Waals surface area contributed by atoms with Crippen molar-refractivity contribution in [3.63, 3.8) is 0 Å². The lowest BCUT2D eigenvalue weighted by molar-refractivity contribution is 1.15. The molecule has 8 heterocycles. The van der Waals surface area contributed by atoms with Gasteiger partial charge in [-0.3, -0.25) is 0 Å². The zero-order valence-corrected chi connectivity index (χ0v) is 44.7. The smallest absolute Gasteiger partial charge is 0.0481 e. The van der Waals surface area contributed by atoms with Gasteiger partial charge in [-0.2, -0.15) is 0 Å². The molecule has 0 aliphatic rings. The van der Waals surface area contributed by atoms with Crippen molar-refractivity contribution < 1.29 is 0 Å². The summed E-state index contributed by atoms with van der Waals surface area (Å²) in [5, 5.41) is 4.49. The Morgan fingerprint density at radius 3 is 0.924 bits per heavy atom. The molecule has 0 nitrogen and oxygen atoms in total. The molecule has 0 radical (unpaired) electrons. The third-order valence-corrected chi connectivity index (χ3v) is 22.4. The summed E-state index contributed by atoms with van der Waals surface area (Å²) in [6.07, 6.45) is 10.8. The number of hydrogen-bond donors (Lipinski definition) is 0. The van der Waals surface area contributed by atoms with E-state index in [1.807, 2.05) is 90.7 Å². The average Bonchev–Trinajstić information content (AvgIpc) is 4.21. The van der Waals surface area contributed by atoms with E-state index in [4.69, 9.17) is 0 Å². The summed E-state index contributed by atoms with van der Waals surface area (Å²) in [6, 6.07) is 41.8. The molecule has 66 heavy (non-hydrogen) atoms. The standard InChI is InChI=1S/C58H52S8/c1-7-37-27-29-59-53(37)49-31-41(11-5)57(63-49)51-33-39(9-3)55(65-51)47-25-23-45(61-47)43-19-15-35(16-20-43)13-14-36-17-21-44(22-18-36)46-24-26-48(62-46)56-40(10-4)34-52(66-56)58-42(12-6)32-50(64-58)54-38(8-2)28-30-60-54/h13-34H,7-12H2,1-6H3/b14-13+. The van der Waals surface area contributed by atoms with Gasteiger partial charge in [-0.15, -0.1) is 90.7 Å². The third kappa shape index (κ3) is 9.09. The Kier molecular flexibility index (Phi) is 13.9. The minimum Gasteiger partial charge on any atom is -0.143 e. The fraction of sp³-hybridized carbons (Fsp3) is 0.207. The molecule has 0 fully saturated rings. The topological polar surface area (TPSA) is 0 Å². The highest BCUT2D eigenvalue weighted by Crippen LogP contribution is 2.50. The Bertz CT molecular complexity index is 3040. The number of thiophene rings is 8. The fourth-order valence-electron chi connectivity index (χ4n) is 8.65. The van der Waals surface area contributed by atoms with E-state index < -0.39 is 0 Å². The predicted molar refractivity (Wildman–Crippen MR) is 305 cm³/mol. The Labute approximate surface area is 422 Å². The van der Waals surface area contributed by atoms with Gasteiger partial charge in [-0.05, 0) is 166 Å². The van der Waals surface area contributed by atoms with Crippen molar-refractivity contribution >= 4 is 103 Å². The summed E-state index contributed by atoms with van der Waals surface area (Å²) in [7, 11) is 0. The second-order valence-corrected chi connectivity index (χ2v) is 24.6. The Morgan fingerprint density at radius 2 is 0.591 bits per heavy atom. The summed E-state index contributed by atoms with van der Waals surface area (Å²) >= 11 is 15.5. The van der Waals surface area contributed by atoms with Crippen molar-refractivity contribution in [2.45, 2.75) is 80.1 Å². The van der Waals surface area contributed by atoms with Gasteiger partial charge in [-0.1, -0.05) is 102 Å². The molecule has 8 heteroatoms. The van der Waals surface area contributed by atoms with Gasteiger partial charge >= 0.3 is 0 Å². The van der Waals surface area contributed by atoms with Crippen molar-refractivity contribution in [2.24, 2.45) is 0 Å². The molecule has 10 rings (SSSR count). The first-order valence-corrected chi connectivity index (χ1v) is 29.8. The molecule has 0 amide bonds. The van der Waals surface area contributed by atoms with Crippen molar-refractivity contribution in [1.29, 1.82) is 0 Å². The molecular weight excluding hydrogens is 953 g/mol. The highest BCUT2D eigenvalue weighted by atomic mass is 32.1. The predicted octanol–water partition coefficient (Wildman–Crippen LogP) is 21.1. The molecule has 0 spiro atoms.